The second kappa shape index (κ2) is 6.62. The van der Waals surface area contributed by atoms with Gasteiger partial charge in [0.2, 0.25) is 0 Å². The number of nitro benzene ring substituents is 1. The van der Waals surface area contributed by atoms with Crippen molar-refractivity contribution in [1.29, 1.82) is 0 Å². The largest absolute Gasteiger partial charge is 0.377 e. The monoisotopic (exact) mass is 382 g/mol. The van der Waals surface area contributed by atoms with Crippen molar-refractivity contribution >= 4 is 44.0 Å². The molecule has 1 saturated carbocycles. The third-order valence-electron chi connectivity index (χ3n) is 4.44. The van der Waals surface area contributed by atoms with Crippen LogP contribution in [0.3, 0.4) is 0 Å². The maximum absolute atomic E-state index is 12.6. The van der Waals surface area contributed by atoms with E-state index in [-0.39, 0.29) is 17.3 Å². The molecule has 1 aliphatic carbocycles. The van der Waals surface area contributed by atoms with Crippen LogP contribution in [-0.2, 0) is 0 Å². The minimum absolute atomic E-state index is 0.0923. The molecule has 1 heterocycles. The molecule has 4 rings (SSSR count). The van der Waals surface area contributed by atoms with Crippen molar-refractivity contribution in [3.8, 4) is 0 Å². The number of anilines is 2. The Hall–Kier alpha value is -3.00. The molecular formula is C19H18N4O3S. The summed E-state index contributed by atoms with van der Waals surface area (Å²) >= 11 is 1.39. The molecule has 0 aliphatic heterocycles. The molecular weight excluding hydrogens is 364 g/mol. The molecule has 27 heavy (non-hydrogen) atoms. The number of carbonyl (C=O) groups excluding carboxylic acids is 1. The van der Waals surface area contributed by atoms with Crippen LogP contribution in [0.15, 0.2) is 30.3 Å². The van der Waals surface area contributed by atoms with E-state index in [1.54, 1.807) is 12.1 Å². The number of nitro groups is 1. The zero-order chi connectivity index (χ0) is 19.1. The summed E-state index contributed by atoms with van der Waals surface area (Å²) in [4.78, 5) is 28.0. The van der Waals surface area contributed by atoms with E-state index in [4.69, 9.17) is 0 Å². The van der Waals surface area contributed by atoms with Crippen molar-refractivity contribution in [2.24, 2.45) is 0 Å². The smallest absolute Gasteiger partial charge is 0.293 e. The highest BCUT2D eigenvalue weighted by molar-refractivity contribution is 7.22. The van der Waals surface area contributed by atoms with Gasteiger partial charge in [0, 0.05) is 17.7 Å². The molecule has 0 radical (unpaired) electrons. The predicted octanol–water partition coefficient (Wildman–Crippen LogP) is 4.65. The number of hydrogen-bond acceptors (Lipinski definition) is 6. The molecule has 1 amide bonds. The Labute approximate surface area is 159 Å². The van der Waals surface area contributed by atoms with Crippen LogP contribution >= 0.6 is 11.3 Å². The van der Waals surface area contributed by atoms with Crippen LogP contribution in [0.2, 0.25) is 0 Å². The van der Waals surface area contributed by atoms with E-state index in [0.29, 0.717) is 10.8 Å². The van der Waals surface area contributed by atoms with Gasteiger partial charge in [-0.15, -0.1) is 0 Å². The lowest BCUT2D eigenvalue weighted by molar-refractivity contribution is -0.384. The third-order valence-corrected chi connectivity index (χ3v) is 5.36. The first-order chi connectivity index (χ1) is 12.9. The van der Waals surface area contributed by atoms with Gasteiger partial charge in [0.15, 0.2) is 5.13 Å². The van der Waals surface area contributed by atoms with Crippen LogP contribution < -0.4 is 10.6 Å². The highest BCUT2D eigenvalue weighted by Gasteiger charge is 2.25. The van der Waals surface area contributed by atoms with E-state index in [2.05, 4.69) is 15.6 Å². The summed E-state index contributed by atoms with van der Waals surface area (Å²) < 4.78 is 0.998. The van der Waals surface area contributed by atoms with Gasteiger partial charge in [-0.1, -0.05) is 17.4 Å². The van der Waals surface area contributed by atoms with Crippen LogP contribution in [0.25, 0.3) is 10.2 Å². The van der Waals surface area contributed by atoms with Gasteiger partial charge in [-0.05, 0) is 56.0 Å². The van der Waals surface area contributed by atoms with Crippen molar-refractivity contribution in [3.05, 3.63) is 57.1 Å². The molecule has 138 valence electrons. The van der Waals surface area contributed by atoms with Gasteiger partial charge < -0.3 is 5.32 Å². The lowest BCUT2D eigenvalue weighted by Crippen LogP contribution is -2.13. The van der Waals surface area contributed by atoms with Gasteiger partial charge in [0.25, 0.3) is 11.6 Å². The maximum Gasteiger partial charge on any atom is 0.293 e. The summed E-state index contributed by atoms with van der Waals surface area (Å²) in [7, 11) is 0. The SMILES string of the molecule is Cc1cc(C)c2nc(NC(=O)c3ccc(NC4CC4)c([N+](=O)[O-])c3)sc2c1. The number of thiazole rings is 1. The van der Waals surface area contributed by atoms with Crippen LogP contribution in [-0.4, -0.2) is 21.9 Å². The Morgan fingerprint density at radius 3 is 2.74 bits per heavy atom. The number of rotatable bonds is 5. The lowest BCUT2D eigenvalue weighted by Gasteiger charge is -2.07. The molecule has 8 heteroatoms. The number of nitrogens with one attached hydrogen (secondary N) is 2. The van der Waals surface area contributed by atoms with Crippen molar-refractivity contribution < 1.29 is 9.72 Å². The number of amides is 1. The Balaban J connectivity index is 1.60. The molecule has 1 fully saturated rings. The van der Waals surface area contributed by atoms with Crippen LogP contribution in [0.4, 0.5) is 16.5 Å². The molecule has 0 spiro atoms. The van der Waals surface area contributed by atoms with E-state index < -0.39 is 10.8 Å². The number of nitrogens with zero attached hydrogens (tertiary/aromatic N) is 2. The fourth-order valence-electron chi connectivity index (χ4n) is 2.99. The Bertz CT molecular complexity index is 1070. The van der Waals surface area contributed by atoms with Gasteiger partial charge in [0.1, 0.15) is 5.69 Å². The quantitative estimate of drug-likeness (QED) is 0.494. The number of benzene rings is 2. The van der Waals surface area contributed by atoms with E-state index in [1.807, 2.05) is 26.0 Å². The minimum Gasteiger partial charge on any atom is -0.377 e. The van der Waals surface area contributed by atoms with Gasteiger partial charge >= 0.3 is 0 Å². The highest BCUT2D eigenvalue weighted by atomic mass is 32.1. The molecule has 1 aromatic heterocycles. The lowest BCUT2D eigenvalue weighted by atomic mass is 10.1. The normalized spacial score (nSPS) is 13.6. The maximum atomic E-state index is 12.6. The summed E-state index contributed by atoms with van der Waals surface area (Å²) in [5, 5.41) is 17.7. The minimum atomic E-state index is -0.467. The first-order valence-electron chi connectivity index (χ1n) is 8.65. The molecule has 0 saturated heterocycles. The third kappa shape index (κ3) is 3.61. The second-order valence-corrected chi connectivity index (χ2v) is 7.84. The number of aromatic nitrogens is 1. The molecule has 1 aliphatic rings. The first-order valence-corrected chi connectivity index (χ1v) is 9.46. The van der Waals surface area contributed by atoms with Crippen molar-refractivity contribution in [2.45, 2.75) is 32.7 Å². The first kappa shape index (κ1) is 17.4. The van der Waals surface area contributed by atoms with Crippen molar-refractivity contribution in [3.63, 3.8) is 0 Å². The molecule has 0 bridgehead atoms. The Morgan fingerprint density at radius 1 is 1.26 bits per heavy atom. The Kier molecular flexibility index (Phi) is 4.27. The summed E-state index contributed by atoms with van der Waals surface area (Å²) in [6, 6.07) is 8.86. The number of fused-ring (bicyclic) bond motifs is 1. The van der Waals surface area contributed by atoms with Gasteiger partial charge in [-0.2, -0.15) is 0 Å². The molecule has 2 aromatic carbocycles. The summed E-state index contributed by atoms with van der Waals surface area (Å²) in [5.74, 6) is -0.412. The predicted molar refractivity (Wildman–Crippen MR) is 107 cm³/mol. The van der Waals surface area contributed by atoms with Gasteiger partial charge in [-0.3, -0.25) is 20.2 Å². The van der Waals surface area contributed by atoms with Crippen LogP contribution in [0, 0.1) is 24.0 Å². The molecule has 3 aromatic rings. The standard InChI is InChI=1S/C19H18N4O3S/c1-10-7-11(2)17-16(8-10)27-19(21-17)22-18(24)12-3-6-14(20-13-4-5-13)15(9-12)23(25)26/h3,6-9,13,20H,4-5H2,1-2H3,(H,21,22,24). The van der Waals surface area contributed by atoms with E-state index in [0.717, 1.165) is 34.2 Å². The van der Waals surface area contributed by atoms with Crippen molar-refractivity contribution in [1.82, 2.24) is 4.98 Å². The van der Waals surface area contributed by atoms with E-state index in [1.165, 1.54) is 17.4 Å². The average Bonchev–Trinajstić information content (AvgIpc) is 3.33. The summed E-state index contributed by atoms with van der Waals surface area (Å²) in [6.07, 6.45) is 2.02. The second-order valence-electron chi connectivity index (χ2n) is 6.81. The summed E-state index contributed by atoms with van der Waals surface area (Å²) in [5.41, 5.74) is 3.63. The number of carbonyl (C=O) groups is 1. The topological polar surface area (TPSA) is 97.2 Å². The van der Waals surface area contributed by atoms with Crippen molar-refractivity contribution in [2.75, 3.05) is 10.6 Å². The molecule has 7 nitrogen and oxygen atoms in total. The molecule has 2 N–H and O–H groups in total. The zero-order valence-corrected chi connectivity index (χ0v) is 15.7. The number of hydrogen-bond donors (Lipinski definition) is 2. The van der Waals surface area contributed by atoms with Gasteiger partial charge in [-0.25, -0.2) is 4.98 Å². The van der Waals surface area contributed by atoms with Crippen LogP contribution in [0.5, 0.6) is 0 Å². The molecule has 0 atom stereocenters. The summed E-state index contributed by atoms with van der Waals surface area (Å²) in [6.45, 7) is 4.00. The van der Waals surface area contributed by atoms with E-state index >= 15 is 0 Å². The van der Waals surface area contributed by atoms with Crippen LogP contribution in [0.1, 0.15) is 34.3 Å². The van der Waals surface area contributed by atoms with E-state index in [9.17, 15) is 14.9 Å². The zero-order valence-electron chi connectivity index (χ0n) is 14.9. The Morgan fingerprint density at radius 2 is 2.04 bits per heavy atom. The average molecular weight is 382 g/mol. The fourth-order valence-corrected chi connectivity index (χ4v) is 4.02. The molecule has 0 unspecified atom stereocenters. The highest BCUT2D eigenvalue weighted by Crippen LogP contribution is 2.33. The number of aryl methyl sites for hydroxylation is 2. The van der Waals surface area contributed by atoms with Gasteiger partial charge in [0.05, 0.1) is 15.1 Å². The fraction of sp³-hybridized carbons (Fsp3) is 0.263.